The lowest BCUT2D eigenvalue weighted by molar-refractivity contribution is -0.118. The van der Waals surface area contributed by atoms with Crippen LogP contribution in [0.15, 0.2) is 0 Å². The predicted octanol–water partition coefficient (Wildman–Crippen LogP) is 9.60. The van der Waals surface area contributed by atoms with Crippen molar-refractivity contribution in [3.63, 3.8) is 0 Å². The second-order valence-electron chi connectivity index (χ2n) is 8.13. The molecule has 0 saturated carbocycles. The van der Waals surface area contributed by atoms with E-state index >= 15 is 0 Å². The molecule has 2 amide bonds. The minimum absolute atomic E-state index is 0.119. The summed E-state index contributed by atoms with van der Waals surface area (Å²) >= 11 is 0. The van der Waals surface area contributed by atoms with Gasteiger partial charge in [0.25, 0.3) is 0 Å². The zero-order valence-corrected chi connectivity index (χ0v) is 26.0. The topological polar surface area (TPSA) is 86.2 Å². The average Bonchev–Trinajstić information content (AvgIpc) is 2.79. The molecule has 0 aliphatic rings. The number of amides is 2. The number of primary amides is 2. The van der Waals surface area contributed by atoms with Crippen molar-refractivity contribution < 1.29 is 9.59 Å². The van der Waals surface area contributed by atoms with Gasteiger partial charge in [-0.2, -0.15) is 0 Å². The molecule has 0 fully saturated rings. The van der Waals surface area contributed by atoms with Gasteiger partial charge < -0.3 is 11.5 Å². The zero-order valence-electron chi connectivity index (χ0n) is 20.3. The third kappa shape index (κ3) is 23.5. The molecular formula is C22H44N2O2S7. The smallest absolute Gasteiger partial charge is 0.231 e. The number of carbonyl (C=O) groups is 2. The molecule has 0 saturated heterocycles. The molecule has 0 rings (SSSR count). The van der Waals surface area contributed by atoms with Crippen molar-refractivity contribution in [2.45, 2.75) is 127 Å². The highest BCUT2D eigenvalue weighted by Gasteiger charge is 2.18. The van der Waals surface area contributed by atoms with Crippen LogP contribution < -0.4 is 11.5 Å². The molecule has 0 spiro atoms. The first kappa shape index (κ1) is 34.4. The summed E-state index contributed by atoms with van der Waals surface area (Å²) in [5.41, 5.74) is 11.2. The van der Waals surface area contributed by atoms with Gasteiger partial charge >= 0.3 is 0 Å². The van der Waals surface area contributed by atoms with Crippen LogP contribution in [0, 0.1) is 0 Å². The van der Waals surface area contributed by atoms with Crippen LogP contribution >= 0.6 is 70.7 Å². The van der Waals surface area contributed by atoms with Crippen molar-refractivity contribution >= 4 is 82.5 Å². The molecule has 0 aromatic rings. The van der Waals surface area contributed by atoms with Gasteiger partial charge in [-0.1, -0.05) is 125 Å². The quantitative estimate of drug-likeness (QED) is 0.0752. The van der Waals surface area contributed by atoms with Gasteiger partial charge in [-0.05, 0) is 62.0 Å². The molecule has 0 aliphatic carbocycles. The van der Waals surface area contributed by atoms with Crippen molar-refractivity contribution in [2.75, 3.05) is 0 Å². The molecule has 33 heavy (non-hydrogen) atoms. The number of nitrogens with two attached hydrogens (primary N) is 2. The maximum Gasteiger partial charge on any atom is 0.231 e. The predicted molar refractivity (Wildman–Crippen MR) is 164 cm³/mol. The first-order valence-corrected chi connectivity index (χ1v) is 21.2. The van der Waals surface area contributed by atoms with E-state index in [1.807, 2.05) is 0 Å². The SMILES string of the molecule is CCCCCCCCCC(SSSSSSSC(CCCCCCCCC)C(N)=O)C(N)=O. The lowest BCUT2D eigenvalue weighted by Gasteiger charge is -2.12. The van der Waals surface area contributed by atoms with Gasteiger partial charge in [0.05, 0.1) is 10.5 Å². The highest BCUT2D eigenvalue weighted by atomic mass is 33.9. The molecule has 196 valence electrons. The Balaban J connectivity index is 3.76. The fourth-order valence-electron chi connectivity index (χ4n) is 3.21. The van der Waals surface area contributed by atoms with Crippen molar-refractivity contribution in [3.05, 3.63) is 0 Å². The van der Waals surface area contributed by atoms with E-state index in [-0.39, 0.29) is 22.3 Å². The van der Waals surface area contributed by atoms with Crippen molar-refractivity contribution in [2.24, 2.45) is 11.5 Å². The van der Waals surface area contributed by atoms with Gasteiger partial charge in [0.1, 0.15) is 0 Å². The van der Waals surface area contributed by atoms with E-state index in [0.29, 0.717) is 0 Å². The van der Waals surface area contributed by atoms with Crippen LogP contribution in [-0.2, 0) is 9.59 Å². The minimum Gasteiger partial charge on any atom is -0.369 e. The number of hydrogen-bond acceptors (Lipinski definition) is 9. The summed E-state index contributed by atoms with van der Waals surface area (Å²) in [6, 6.07) is 0. The fourth-order valence-corrected chi connectivity index (χ4v) is 18.3. The summed E-state index contributed by atoms with van der Waals surface area (Å²) in [5, 5.41) is -0.237. The molecule has 2 atom stereocenters. The molecule has 4 N–H and O–H groups in total. The van der Waals surface area contributed by atoms with Crippen LogP contribution in [0.5, 0.6) is 0 Å². The highest BCUT2D eigenvalue weighted by Crippen LogP contribution is 2.56. The Hall–Kier alpha value is 1.39. The molecule has 0 aromatic carbocycles. The zero-order chi connectivity index (χ0) is 24.6. The van der Waals surface area contributed by atoms with Gasteiger partial charge in [0.2, 0.25) is 11.8 Å². The van der Waals surface area contributed by atoms with E-state index in [1.54, 1.807) is 70.7 Å². The lowest BCUT2D eigenvalue weighted by Crippen LogP contribution is -2.24. The average molecular weight is 593 g/mol. The van der Waals surface area contributed by atoms with Gasteiger partial charge in [0, 0.05) is 0 Å². The fraction of sp³-hybridized carbons (Fsp3) is 0.909. The largest absolute Gasteiger partial charge is 0.369 e. The van der Waals surface area contributed by atoms with Gasteiger partial charge in [0.15, 0.2) is 0 Å². The monoisotopic (exact) mass is 592 g/mol. The number of unbranched alkanes of at least 4 members (excludes halogenated alkanes) is 12. The summed E-state index contributed by atoms with van der Waals surface area (Å²) in [6.07, 6.45) is 19.2. The van der Waals surface area contributed by atoms with E-state index in [1.165, 1.54) is 77.0 Å². The Morgan fingerprint density at radius 3 is 1.15 bits per heavy atom. The summed E-state index contributed by atoms with van der Waals surface area (Å²) in [5.74, 6) is -0.423. The Kier molecular flexibility index (Phi) is 27.6. The van der Waals surface area contributed by atoms with Gasteiger partial charge in [-0.3, -0.25) is 9.59 Å². The maximum atomic E-state index is 11.7. The van der Waals surface area contributed by atoms with Crippen LogP contribution in [0.2, 0.25) is 0 Å². The molecule has 0 aromatic heterocycles. The van der Waals surface area contributed by atoms with Crippen molar-refractivity contribution in [1.29, 1.82) is 0 Å². The molecule has 0 bridgehead atoms. The maximum absolute atomic E-state index is 11.7. The second kappa shape index (κ2) is 26.5. The van der Waals surface area contributed by atoms with E-state index in [4.69, 9.17) is 11.5 Å². The number of rotatable bonds is 26. The van der Waals surface area contributed by atoms with E-state index in [0.717, 1.165) is 25.7 Å². The first-order chi connectivity index (χ1) is 16.0. The van der Waals surface area contributed by atoms with E-state index in [2.05, 4.69) is 13.8 Å². The van der Waals surface area contributed by atoms with Crippen molar-refractivity contribution in [3.8, 4) is 0 Å². The summed E-state index contributed by atoms with van der Waals surface area (Å²) in [6.45, 7) is 4.46. The second-order valence-corrected chi connectivity index (χ2v) is 19.7. The summed E-state index contributed by atoms with van der Waals surface area (Å²) in [4.78, 5) is 23.4. The molecule has 11 heteroatoms. The van der Waals surface area contributed by atoms with Gasteiger partial charge in [-0.25, -0.2) is 0 Å². The molecule has 0 heterocycles. The first-order valence-electron chi connectivity index (χ1n) is 12.3. The van der Waals surface area contributed by atoms with Crippen LogP contribution in [0.25, 0.3) is 0 Å². The molecule has 4 nitrogen and oxygen atoms in total. The van der Waals surface area contributed by atoms with E-state index in [9.17, 15) is 9.59 Å². The van der Waals surface area contributed by atoms with Crippen LogP contribution in [0.1, 0.15) is 117 Å². The standard InChI is InChI=1S/C22H44N2O2S7/c1-3-5-7-9-11-13-15-17-19(21(23)25)27-29-31-33-32-30-28-20(22(24)26)18-16-14-12-10-8-6-4-2/h19-20H,3-18H2,1-2H3,(H2,23,25)(H2,24,26). The van der Waals surface area contributed by atoms with Crippen LogP contribution in [-0.4, -0.2) is 22.3 Å². The Morgan fingerprint density at radius 2 is 0.818 bits per heavy atom. The number of carbonyl (C=O) groups excluding carboxylic acids is 2. The van der Waals surface area contributed by atoms with Crippen LogP contribution in [0.4, 0.5) is 0 Å². The Morgan fingerprint density at radius 1 is 0.515 bits per heavy atom. The normalized spacial score (nSPS) is 13.2. The minimum atomic E-state index is -0.212. The Labute approximate surface area is 229 Å². The third-order valence-corrected chi connectivity index (χ3v) is 18.9. The number of hydrogen-bond donors (Lipinski definition) is 2. The molecule has 2 unspecified atom stereocenters. The third-order valence-electron chi connectivity index (χ3n) is 5.20. The van der Waals surface area contributed by atoms with E-state index < -0.39 is 0 Å². The molecular weight excluding hydrogens is 549 g/mol. The lowest BCUT2D eigenvalue weighted by atomic mass is 10.1. The molecule has 0 aliphatic heterocycles. The van der Waals surface area contributed by atoms with Gasteiger partial charge in [-0.15, -0.1) is 0 Å². The summed E-state index contributed by atoms with van der Waals surface area (Å²) < 4.78 is 0. The summed E-state index contributed by atoms with van der Waals surface area (Å²) in [7, 11) is 11.3. The van der Waals surface area contributed by atoms with Crippen molar-refractivity contribution in [1.82, 2.24) is 0 Å². The highest BCUT2D eigenvalue weighted by molar-refractivity contribution is 9.46. The Bertz CT molecular complexity index is 436. The molecule has 0 radical (unpaired) electrons. The van der Waals surface area contributed by atoms with Crippen LogP contribution in [0.3, 0.4) is 0 Å².